The Morgan fingerprint density at radius 2 is 1.69 bits per heavy atom. The van der Waals surface area contributed by atoms with Crippen molar-refractivity contribution in [3.63, 3.8) is 0 Å². The van der Waals surface area contributed by atoms with Crippen LogP contribution in [0.5, 0.6) is 0 Å². The molecular weight excluding hydrogens is 223 g/mol. The quantitative estimate of drug-likeness (QED) is 0.701. The highest BCUT2D eigenvalue weighted by Gasteiger charge is 2.19. The summed E-state index contributed by atoms with van der Waals surface area (Å²) in [5.41, 5.74) is 1.05. The van der Waals surface area contributed by atoms with Crippen molar-refractivity contribution < 1.29 is 4.39 Å². The maximum Gasteiger partial charge on any atom is 0.124 e. The molecule has 1 aromatic carbocycles. The second-order valence-electron chi connectivity index (χ2n) is 5.09. The zero-order chi connectivity index (χ0) is 12.3. The Morgan fingerprint density at radius 3 is 2.12 bits per heavy atom. The Bertz CT molecular complexity index is 337. The van der Waals surface area contributed by atoms with E-state index in [1.54, 1.807) is 6.07 Å². The van der Waals surface area contributed by atoms with Crippen molar-refractivity contribution in [2.45, 2.75) is 34.1 Å². The highest BCUT2D eigenvalue weighted by molar-refractivity contribution is 6.31. The standard InChI is InChI=1S/C14H20ClF/c1-9(2)13(10(3)4)7-11-5-6-12(16)8-14(11)15/h5-6,8-10,13H,7H2,1-4H3. The number of rotatable bonds is 4. The summed E-state index contributed by atoms with van der Waals surface area (Å²) in [5.74, 6) is 1.55. The van der Waals surface area contributed by atoms with Crippen molar-refractivity contribution in [2.24, 2.45) is 17.8 Å². The van der Waals surface area contributed by atoms with E-state index in [9.17, 15) is 4.39 Å². The molecule has 2 heteroatoms. The molecule has 16 heavy (non-hydrogen) atoms. The fraction of sp³-hybridized carbons (Fsp3) is 0.571. The minimum absolute atomic E-state index is 0.264. The van der Waals surface area contributed by atoms with Crippen LogP contribution in [0.2, 0.25) is 5.02 Å². The van der Waals surface area contributed by atoms with E-state index in [-0.39, 0.29) is 5.82 Å². The van der Waals surface area contributed by atoms with Crippen LogP contribution in [-0.4, -0.2) is 0 Å². The third kappa shape index (κ3) is 3.48. The molecule has 0 aliphatic heterocycles. The molecule has 0 aliphatic rings. The molecule has 90 valence electrons. The first kappa shape index (κ1) is 13.5. The van der Waals surface area contributed by atoms with E-state index in [1.807, 2.05) is 0 Å². The summed E-state index contributed by atoms with van der Waals surface area (Å²) in [6, 6.07) is 4.68. The molecule has 0 aliphatic carbocycles. The van der Waals surface area contributed by atoms with Gasteiger partial charge in [-0.3, -0.25) is 0 Å². The molecule has 1 rings (SSSR count). The number of hydrogen-bond donors (Lipinski definition) is 0. The first-order valence-corrected chi connectivity index (χ1v) is 6.23. The molecule has 0 saturated heterocycles. The lowest BCUT2D eigenvalue weighted by atomic mass is 9.81. The minimum Gasteiger partial charge on any atom is -0.207 e. The van der Waals surface area contributed by atoms with Gasteiger partial charge in [0.05, 0.1) is 0 Å². The van der Waals surface area contributed by atoms with Gasteiger partial charge < -0.3 is 0 Å². The van der Waals surface area contributed by atoms with Gasteiger partial charge in [0.15, 0.2) is 0 Å². The van der Waals surface area contributed by atoms with Crippen LogP contribution in [0.25, 0.3) is 0 Å². The molecule has 0 amide bonds. The summed E-state index contributed by atoms with van der Waals surface area (Å²) < 4.78 is 12.9. The largest absolute Gasteiger partial charge is 0.207 e. The van der Waals surface area contributed by atoms with E-state index in [0.29, 0.717) is 22.8 Å². The van der Waals surface area contributed by atoms with E-state index in [1.165, 1.54) is 12.1 Å². The predicted octanol–water partition coefficient (Wildman–Crippen LogP) is 4.95. The zero-order valence-corrected chi connectivity index (χ0v) is 11.2. The zero-order valence-electron chi connectivity index (χ0n) is 10.4. The summed E-state index contributed by atoms with van der Waals surface area (Å²) in [5, 5.41) is 0.548. The average Bonchev–Trinajstić information content (AvgIpc) is 2.15. The normalized spacial score (nSPS) is 11.8. The number of halogens is 2. The second-order valence-corrected chi connectivity index (χ2v) is 5.50. The predicted molar refractivity (Wildman–Crippen MR) is 68.3 cm³/mol. The first-order chi connectivity index (χ1) is 7.41. The molecule has 0 N–H and O–H groups in total. The van der Waals surface area contributed by atoms with E-state index in [2.05, 4.69) is 27.7 Å². The van der Waals surface area contributed by atoms with Gasteiger partial charge in [0, 0.05) is 5.02 Å². The van der Waals surface area contributed by atoms with Gasteiger partial charge in [0.2, 0.25) is 0 Å². The van der Waals surface area contributed by atoms with Gasteiger partial charge >= 0.3 is 0 Å². The molecule has 0 aromatic heterocycles. The fourth-order valence-electron chi connectivity index (χ4n) is 2.18. The molecule has 0 heterocycles. The summed E-state index contributed by atoms with van der Waals surface area (Å²) in [6.45, 7) is 8.90. The van der Waals surface area contributed by atoms with E-state index < -0.39 is 0 Å². The van der Waals surface area contributed by atoms with Gasteiger partial charge in [0.25, 0.3) is 0 Å². The lowest BCUT2D eigenvalue weighted by Crippen LogP contribution is -2.18. The number of benzene rings is 1. The lowest BCUT2D eigenvalue weighted by molar-refractivity contribution is 0.286. The maximum absolute atomic E-state index is 12.9. The van der Waals surface area contributed by atoms with Crippen molar-refractivity contribution in [2.75, 3.05) is 0 Å². The van der Waals surface area contributed by atoms with Gasteiger partial charge in [0.1, 0.15) is 5.82 Å². The molecule has 0 fully saturated rings. The van der Waals surface area contributed by atoms with Crippen molar-refractivity contribution in [1.29, 1.82) is 0 Å². The summed E-state index contributed by atoms with van der Waals surface area (Å²) in [4.78, 5) is 0. The molecule has 0 saturated carbocycles. The summed E-state index contributed by atoms with van der Waals surface area (Å²) in [7, 11) is 0. The Morgan fingerprint density at radius 1 is 1.12 bits per heavy atom. The van der Waals surface area contributed by atoms with Crippen LogP contribution < -0.4 is 0 Å². The second kappa shape index (κ2) is 5.67. The Hall–Kier alpha value is -0.560. The first-order valence-electron chi connectivity index (χ1n) is 5.85. The highest BCUT2D eigenvalue weighted by Crippen LogP contribution is 2.28. The van der Waals surface area contributed by atoms with E-state index in [4.69, 9.17) is 11.6 Å². The summed E-state index contributed by atoms with van der Waals surface area (Å²) >= 11 is 6.04. The molecule has 0 atom stereocenters. The Labute approximate surface area is 103 Å². The van der Waals surface area contributed by atoms with Crippen LogP contribution in [0.4, 0.5) is 4.39 Å². The Kier molecular flexibility index (Phi) is 4.79. The molecule has 1 aromatic rings. The molecular formula is C14H20ClF. The smallest absolute Gasteiger partial charge is 0.124 e. The van der Waals surface area contributed by atoms with Crippen molar-refractivity contribution in [3.05, 3.63) is 34.6 Å². The highest BCUT2D eigenvalue weighted by atomic mass is 35.5. The molecule has 0 nitrogen and oxygen atoms in total. The minimum atomic E-state index is -0.264. The van der Waals surface area contributed by atoms with Crippen LogP contribution in [0.15, 0.2) is 18.2 Å². The van der Waals surface area contributed by atoms with Gasteiger partial charge in [-0.25, -0.2) is 4.39 Å². The van der Waals surface area contributed by atoms with Crippen LogP contribution in [-0.2, 0) is 6.42 Å². The maximum atomic E-state index is 12.9. The molecule has 0 bridgehead atoms. The van der Waals surface area contributed by atoms with Crippen molar-refractivity contribution >= 4 is 11.6 Å². The van der Waals surface area contributed by atoms with Crippen molar-refractivity contribution in [1.82, 2.24) is 0 Å². The molecule has 0 radical (unpaired) electrons. The van der Waals surface area contributed by atoms with Gasteiger partial charge in [-0.2, -0.15) is 0 Å². The van der Waals surface area contributed by atoms with Crippen LogP contribution in [0, 0.1) is 23.6 Å². The third-order valence-electron chi connectivity index (χ3n) is 3.18. The van der Waals surface area contributed by atoms with E-state index >= 15 is 0 Å². The van der Waals surface area contributed by atoms with E-state index in [0.717, 1.165) is 12.0 Å². The molecule has 0 unspecified atom stereocenters. The number of hydrogen-bond acceptors (Lipinski definition) is 0. The topological polar surface area (TPSA) is 0 Å². The van der Waals surface area contributed by atoms with Crippen LogP contribution in [0.1, 0.15) is 33.3 Å². The SMILES string of the molecule is CC(C)C(Cc1ccc(F)cc1Cl)C(C)C. The fourth-order valence-corrected chi connectivity index (χ4v) is 2.43. The summed E-state index contributed by atoms with van der Waals surface area (Å²) in [6.07, 6.45) is 0.925. The third-order valence-corrected chi connectivity index (χ3v) is 3.54. The monoisotopic (exact) mass is 242 g/mol. The lowest BCUT2D eigenvalue weighted by Gasteiger charge is -2.25. The Balaban J connectivity index is 2.85. The van der Waals surface area contributed by atoms with Crippen molar-refractivity contribution in [3.8, 4) is 0 Å². The van der Waals surface area contributed by atoms with Gasteiger partial charge in [-0.05, 0) is 41.9 Å². The van der Waals surface area contributed by atoms with Crippen LogP contribution >= 0.6 is 11.6 Å². The van der Waals surface area contributed by atoms with Gasteiger partial charge in [-0.15, -0.1) is 0 Å². The van der Waals surface area contributed by atoms with Crippen LogP contribution in [0.3, 0.4) is 0 Å². The average molecular weight is 243 g/mol. The molecule has 0 spiro atoms. The van der Waals surface area contributed by atoms with Gasteiger partial charge in [-0.1, -0.05) is 45.4 Å².